The monoisotopic (exact) mass is 890 g/mol. The molecule has 1 aromatic rings. The van der Waals surface area contributed by atoms with Crippen molar-refractivity contribution in [2.45, 2.75) is 115 Å². The van der Waals surface area contributed by atoms with Gasteiger partial charge in [0.1, 0.15) is 0 Å². The molecule has 0 N–H and O–H groups in total. The van der Waals surface area contributed by atoms with E-state index in [1.807, 2.05) is 0 Å². The van der Waals surface area contributed by atoms with E-state index in [1.165, 1.54) is 67.5 Å². The van der Waals surface area contributed by atoms with Gasteiger partial charge in [-0.25, -0.2) is 6.08 Å². The summed E-state index contributed by atoms with van der Waals surface area (Å²) in [6.07, 6.45) is 46.4. The first-order valence-electron chi connectivity index (χ1n) is 22.3. The van der Waals surface area contributed by atoms with Crippen molar-refractivity contribution in [2.24, 2.45) is 78.8 Å². The molecule has 0 spiro atoms. The molecule has 0 radical (unpaired) electrons. The number of allylic oxidation sites excluding steroid dienone is 16. The Hall–Kier alpha value is -1.53. The first kappa shape index (κ1) is 46.0. The van der Waals surface area contributed by atoms with Gasteiger partial charge in [0.25, 0.3) is 0 Å². The molecule has 310 valence electrons. The van der Waals surface area contributed by atoms with Crippen LogP contribution in [0.5, 0.6) is 0 Å². The van der Waals surface area contributed by atoms with E-state index in [2.05, 4.69) is 198 Å². The summed E-state index contributed by atoms with van der Waals surface area (Å²) in [7, 11) is 0. The molecular formula is C55H70Cl2Zr-2. The fraction of sp³-hybridized carbons (Fsp3) is 0.564. The first-order chi connectivity index (χ1) is 26.4. The zero-order valence-corrected chi connectivity index (χ0v) is 41.4. The summed E-state index contributed by atoms with van der Waals surface area (Å²) in [4.78, 5) is 0. The topological polar surface area (TPSA) is 0 Å². The van der Waals surface area contributed by atoms with Crippen LogP contribution in [0.3, 0.4) is 0 Å². The molecule has 9 atom stereocenters. The Balaban J connectivity index is 0.000000165. The molecule has 0 heterocycles. The zero-order chi connectivity index (χ0) is 40.2. The van der Waals surface area contributed by atoms with E-state index in [4.69, 9.17) is 0 Å². The summed E-state index contributed by atoms with van der Waals surface area (Å²) in [5, 5.41) is 0. The number of hydrogen-bond acceptors (Lipinski definition) is 0. The molecule has 1 aromatic carbocycles. The number of rotatable bonds is 3. The van der Waals surface area contributed by atoms with Crippen molar-refractivity contribution in [3.8, 4) is 0 Å². The van der Waals surface area contributed by atoms with E-state index in [0.29, 0.717) is 17.3 Å². The number of hydrogen-bond donors (Lipinski definition) is 0. The molecule has 10 aliphatic rings. The summed E-state index contributed by atoms with van der Waals surface area (Å²) in [6, 6.07) is 10.6. The molecule has 0 nitrogen and oxygen atoms in total. The van der Waals surface area contributed by atoms with Crippen LogP contribution in [0.1, 0.15) is 120 Å². The zero-order valence-electron chi connectivity index (χ0n) is 37.4. The summed E-state index contributed by atoms with van der Waals surface area (Å²) >= 11 is 1.54. The molecule has 0 aromatic heterocycles. The summed E-state index contributed by atoms with van der Waals surface area (Å²) < 4.78 is 1.55. The van der Waals surface area contributed by atoms with Gasteiger partial charge in [-0.1, -0.05) is 140 Å². The number of fused-ring (bicyclic) bond motifs is 8. The molecule has 58 heavy (non-hydrogen) atoms. The van der Waals surface area contributed by atoms with Crippen molar-refractivity contribution in [1.82, 2.24) is 0 Å². The van der Waals surface area contributed by atoms with Crippen LogP contribution in [0.15, 0.2) is 120 Å². The van der Waals surface area contributed by atoms with Gasteiger partial charge >= 0.3 is 76.7 Å². The fourth-order valence-electron chi connectivity index (χ4n) is 15.6. The molecule has 11 rings (SSSR count). The van der Waals surface area contributed by atoms with E-state index in [0.717, 1.165) is 23.7 Å². The third-order valence-corrected chi connectivity index (χ3v) is 21.5. The van der Waals surface area contributed by atoms with Gasteiger partial charge in [-0.15, -0.1) is 17.4 Å². The van der Waals surface area contributed by atoms with Crippen molar-refractivity contribution in [3.05, 3.63) is 139 Å². The normalized spacial score (nSPS) is 47.4. The van der Waals surface area contributed by atoms with Gasteiger partial charge in [0.15, 0.2) is 0 Å². The molecule has 0 aliphatic heterocycles. The van der Waals surface area contributed by atoms with Crippen molar-refractivity contribution in [2.75, 3.05) is 0 Å². The van der Waals surface area contributed by atoms with Crippen LogP contribution >= 0.6 is 0 Å². The van der Waals surface area contributed by atoms with Crippen LogP contribution in [-0.2, 0) is 24.2 Å². The van der Waals surface area contributed by atoms with Crippen LogP contribution in [0, 0.1) is 91.3 Å². The number of halogens is 2. The summed E-state index contributed by atoms with van der Waals surface area (Å²) in [5.41, 5.74) is 5.28. The minimum absolute atomic E-state index is 0. The maximum Gasteiger partial charge on any atom is -1.00 e. The van der Waals surface area contributed by atoms with Crippen LogP contribution in [0.4, 0.5) is 0 Å². The smallest absolute Gasteiger partial charge is 1.00 e. The van der Waals surface area contributed by atoms with Gasteiger partial charge in [0, 0.05) is 10.8 Å². The fourth-order valence-corrected chi connectivity index (χ4v) is 16.1. The Kier molecular flexibility index (Phi) is 12.4. The minimum Gasteiger partial charge on any atom is -1.00 e. The van der Waals surface area contributed by atoms with Crippen molar-refractivity contribution >= 4 is 3.21 Å². The molecule has 3 heteroatoms. The predicted octanol–water partition coefficient (Wildman–Crippen LogP) is 8.20. The van der Waals surface area contributed by atoms with Crippen molar-refractivity contribution in [1.29, 1.82) is 0 Å². The van der Waals surface area contributed by atoms with Crippen molar-refractivity contribution < 1.29 is 49.0 Å². The van der Waals surface area contributed by atoms with E-state index in [9.17, 15) is 0 Å². The molecule has 6 saturated carbocycles. The van der Waals surface area contributed by atoms with Crippen LogP contribution in [0.25, 0.3) is 0 Å². The van der Waals surface area contributed by atoms with Crippen LogP contribution < -0.4 is 24.8 Å². The second-order valence-electron chi connectivity index (χ2n) is 21.2. The Morgan fingerprint density at radius 1 is 0.724 bits per heavy atom. The van der Waals surface area contributed by atoms with E-state index >= 15 is 0 Å². The second kappa shape index (κ2) is 15.7. The summed E-state index contributed by atoms with van der Waals surface area (Å²) in [5.74, 6) is 5.14. The Morgan fingerprint density at radius 3 is 1.76 bits per heavy atom. The standard InChI is InChI=1S/C29H37.C17H23.C9H10.2ClH.Zr/c1-21-14-13-15-22-20-27(6)25(4)18-10-9-16-23(25,2)24(3)17-11-12-19-26(24,5)29(27,8)28(21,22)7;1-11-3-4-14(5-11)17(2)15-7-12-6-13(9-15)10-16(17)8-12;1-2-6-9-7-4-3-5-8-9;;;/h9-20,22H,1-8H3;4-5,11-13,15-16H,6-10H2,1-2H3;3-5,7-8H,2H2,1H3;2*1H;/q2*-1;;;;+2/p-2. The minimum atomic E-state index is 0. The Labute approximate surface area is 381 Å². The molecule has 10 aliphatic carbocycles. The molecular weight excluding hydrogens is 823 g/mol. The molecule has 0 amide bonds. The third-order valence-electron chi connectivity index (χ3n) is 19.9. The van der Waals surface area contributed by atoms with E-state index < -0.39 is 0 Å². The van der Waals surface area contributed by atoms with Crippen LogP contribution in [-0.4, -0.2) is 3.21 Å². The maximum atomic E-state index is 3.49. The van der Waals surface area contributed by atoms with E-state index in [-0.39, 0.29) is 62.7 Å². The maximum absolute atomic E-state index is 3.49. The predicted molar refractivity (Wildman–Crippen MR) is 235 cm³/mol. The number of benzene rings is 1. The Morgan fingerprint density at radius 2 is 1.24 bits per heavy atom. The average Bonchev–Trinajstić information content (AvgIpc) is 3.71. The van der Waals surface area contributed by atoms with Gasteiger partial charge in [0.05, 0.1) is 0 Å². The third kappa shape index (κ3) is 5.83. The van der Waals surface area contributed by atoms with Crippen molar-refractivity contribution in [3.63, 3.8) is 0 Å². The van der Waals surface area contributed by atoms with Gasteiger partial charge in [-0.2, -0.15) is 11.6 Å². The summed E-state index contributed by atoms with van der Waals surface area (Å²) in [6.45, 7) is 27.3. The van der Waals surface area contributed by atoms with Gasteiger partial charge in [-0.3, -0.25) is 6.08 Å². The van der Waals surface area contributed by atoms with Gasteiger partial charge in [0.2, 0.25) is 0 Å². The molecule has 4 bridgehead atoms. The largest absolute Gasteiger partial charge is 1.00 e. The average molecular weight is 893 g/mol. The van der Waals surface area contributed by atoms with Crippen LogP contribution in [0.2, 0.25) is 0 Å². The molecule has 6 fully saturated rings. The second-order valence-corrected chi connectivity index (χ2v) is 22.7. The Bertz CT molecular complexity index is 1980. The quantitative estimate of drug-likeness (QED) is 0.269. The van der Waals surface area contributed by atoms with Gasteiger partial charge in [-0.05, 0) is 84.4 Å². The SMILES string of the molecule is CC1=CC=CC2[CH-]C3(C)C4(C)C=CC=CC4(C)C4(C)C=CC=CC4(C)C3(C)C12C.CC1[C-]=CC(C2(C)C3CC4CC(C3)CC2C4)=C1.CC[C](=[Zr+2])c1ccccc1.[Cl-].[Cl-]. The molecule has 9 unspecified atom stereocenters. The van der Waals surface area contributed by atoms with Gasteiger partial charge < -0.3 is 31.2 Å². The van der Waals surface area contributed by atoms with E-state index in [1.54, 1.807) is 15.2 Å². The molecule has 0 saturated heterocycles. The first-order valence-corrected chi connectivity index (χ1v) is 23.5.